The summed E-state index contributed by atoms with van der Waals surface area (Å²) in [6.45, 7) is 12.7. The second-order valence-electron chi connectivity index (χ2n) is 9.38. The average molecular weight is 439 g/mol. The van der Waals surface area contributed by atoms with E-state index in [1.807, 2.05) is 13.0 Å². The third-order valence-corrected chi connectivity index (χ3v) is 6.81. The molecule has 5 aromatic rings. The third-order valence-electron chi connectivity index (χ3n) is 6.81. The minimum atomic E-state index is 0.0150. The van der Waals surface area contributed by atoms with Crippen LogP contribution in [-0.2, 0) is 0 Å². The smallest absolute Gasteiger partial charge is 0.132 e. The lowest BCUT2D eigenvalue weighted by Crippen LogP contribution is -2.32. The van der Waals surface area contributed by atoms with E-state index >= 15 is 0 Å². The molecule has 0 bridgehead atoms. The SMILES string of the molecule is C=C(C)/C=c1/c2c(ccc1=C)Oc1ccc3ccc(C)cc3c1C2c1ccc2ccccc2c1. The van der Waals surface area contributed by atoms with Gasteiger partial charge in [0.15, 0.2) is 0 Å². The molecule has 0 aliphatic carbocycles. The number of fused-ring (bicyclic) bond motifs is 5. The zero-order valence-corrected chi connectivity index (χ0v) is 19.6. The first kappa shape index (κ1) is 20.5. The maximum Gasteiger partial charge on any atom is 0.132 e. The van der Waals surface area contributed by atoms with Gasteiger partial charge in [-0.3, -0.25) is 0 Å². The molecule has 6 rings (SSSR count). The first-order valence-corrected chi connectivity index (χ1v) is 11.7. The predicted octanol–water partition coefficient (Wildman–Crippen LogP) is 7.35. The molecule has 0 saturated heterocycles. The van der Waals surface area contributed by atoms with Gasteiger partial charge in [-0.15, -0.1) is 0 Å². The summed E-state index contributed by atoms with van der Waals surface area (Å²) in [6, 6.07) is 30.4. The van der Waals surface area contributed by atoms with Crippen molar-refractivity contribution >= 4 is 34.2 Å². The predicted molar refractivity (Wildman–Crippen MR) is 144 cm³/mol. The van der Waals surface area contributed by atoms with Crippen LogP contribution in [-0.4, -0.2) is 0 Å². The second kappa shape index (κ2) is 7.74. The molecule has 0 fully saturated rings. The molecule has 0 spiro atoms. The molecule has 164 valence electrons. The van der Waals surface area contributed by atoms with Gasteiger partial charge >= 0.3 is 0 Å². The summed E-state index contributed by atoms with van der Waals surface area (Å²) in [4.78, 5) is 0. The van der Waals surface area contributed by atoms with Crippen molar-refractivity contribution < 1.29 is 4.74 Å². The Bertz CT molecular complexity index is 1740. The fraction of sp³-hybridized carbons (Fsp3) is 0.0909. The van der Waals surface area contributed by atoms with E-state index in [1.54, 1.807) is 0 Å². The normalized spacial score (nSPS) is 15.1. The maximum atomic E-state index is 6.56. The highest BCUT2D eigenvalue weighted by molar-refractivity contribution is 5.91. The zero-order valence-electron chi connectivity index (χ0n) is 19.6. The highest BCUT2D eigenvalue weighted by atomic mass is 16.5. The molecule has 0 saturated carbocycles. The van der Waals surface area contributed by atoms with Crippen molar-refractivity contribution in [2.24, 2.45) is 0 Å². The van der Waals surface area contributed by atoms with Crippen molar-refractivity contribution in [3.05, 3.63) is 130 Å². The van der Waals surface area contributed by atoms with Crippen LogP contribution in [0.25, 0.3) is 34.2 Å². The molecule has 0 aromatic heterocycles. The Morgan fingerprint density at radius 1 is 0.794 bits per heavy atom. The Morgan fingerprint density at radius 2 is 1.50 bits per heavy atom. The van der Waals surface area contributed by atoms with E-state index in [9.17, 15) is 0 Å². The molecular weight excluding hydrogens is 412 g/mol. The molecule has 1 atom stereocenters. The summed E-state index contributed by atoms with van der Waals surface area (Å²) in [5.41, 5.74) is 5.86. The standard InChI is InChI=1S/C33H26O/c1-20(2)17-27-22(4)10-15-29-32(27)31(26-13-12-23-7-5-6-8-25(23)19-26)33-28-18-21(3)9-11-24(28)14-16-30(33)34-29/h5-19,31H,1,4H2,2-3H3/b27-17+. The third kappa shape index (κ3) is 3.24. The fourth-order valence-electron chi connectivity index (χ4n) is 5.27. The van der Waals surface area contributed by atoms with Gasteiger partial charge in [0, 0.05) is 17.0 Å². The van der Waals surface area contributed by atoms with Crippen molar-refractivity contribution in [2.45, 2.75) is 19.8 Å². The van der Waals surface area contributed by atoms with Gasteiger partial charge in [-0.2, -0.15) is 0 Å². The van der Waals surface area contributed by atoms with Gasteiger partial charge in [0.1, 0.15) is 11.5 Å². The number of rotatable bonds is 2. The summed E-state index contributed by atoms with van der Waals surface area (Å²) in [5.74, 6) is 1.82. The molecule has 1 nitrogen and oxygen atoms in total. The van der Waals surface area contributed by atoms with Crippen LogP contribution in [0.4, 0.5) is 0 Å². The topological polar surface area (TPSA) is 9.23 Å². The van der Waals surface area contributed by atoms with Gasteiger partial charge in [0.25, 0.3) is 0 Å². The van der Waals surface area contributed by atoms with E-state index < -0.39 is 0 Å². The summed E-state index contributed by atoms with van der Waals surface area (Å²) in [7, 11) is 0. The van der Waals surface area contributed by atoms with Crippen molar-refractivity contribution in [3.63, 3.8) is 0 Å². The van der Waals surface area contributed by atoms with E-state index in [1.165, 1.54) is 38.2 Å². The molecule has 1 unspecified atom stereocenters. The Kier molecular flexibility index (Phi) is 4.67. The van der Waals surface area contributed by atoms with Crippen LogP contribution in [0.1, 0.15) is 35.1 Å². The van der Waals surface area contributed by atoms with Gasteiger partial charge in [0.05, 0.1) is 0 Å². The Morgan fingerprint density at radius 3 is 2.32 bits per heavy atom. The number of hydrogen-bond donors (Lipinski definition) is 0. The van der Waals surface area contributed by atoms with Crippen LogP contribution in [0, 0.1) is 6.92 Å². The molecule has 1 heterocycles. The van der Waals surface area contributed by atoms with Crippen LogP contribution >= 0.6 is 0 Å². The van der Waals surface area contributed by atoms with Gasteiger partial charge in [-0.05, 0) is 63.5 Å². The van der Waals surface area contributed by atoms with Crippen LogP contribution in [0.5, 0.6) is 11.5 Å². The largest absolute Gasteiger partial charge is 0.457 e. The molecule has 1 aliphatic heterocycles. The summed E-state index contributed by atoms with van der Waals surface area (Å²) < 4.78 is 6.56. The number of hydrogen-bond acceptors (Lipinski definition) is 1. The molecule has 0 N–H and O–H groups in total. The molecule has 1 aliphatic rings. The quantitative estimate of drug-likeness (QED) is 0.274. The van der Waals surface area contributed by atoms with E-state index in [4.69, 9.17) is 4.74 Å². The minimum absolute atomic E-state index is 0.0150. The monoisotopic (exact) mass is 438 g/mol. The summed E-state index contributed by atoms with van der Waals surface area (Å²) >= 11 is 0. The first-order chi connectivity index (χ1) is 16.5. The van der Waals surface area contributed by atoms with E-state index in [2.05, 4.69) is 105 Å². The van der Waals surface area contributed by atoms with Crippen LogP contribution in [0.2, 0.25) is 0 Å². The van der Waals surface area contributed by atoms with Crippen molar-refractivity contribution in [1.82, 2.24) is 0 Å². The summed E-state index contributed by atoms with van der Waals surface area (Å²) in [5, 5.41) is 7.01. The lowest BCUT2D eigenvalue weighted by atomic mass is 9.78. The fourth-order valence-corrected chi connectivity index (χ4v) is 5.27. The number of aryl methyl sites for hydroxylation is 1. The molecule has 5 aromatic carbocycles. The van der Waals surface area contributed by atoms with Crippen LogP contribution in [0.15, 0.2) is 97.1 Å². The maximum absolute atomic E-state index is 6.56. The van der Waals surface area contributed by atoms with Gasteiger partial charge in [-0.1, -0.05) is 103 Å². The summed E-state index contributed by atoms with van der Waals surface area (Å²) in [6.07, 6.45) is 2.14. The zero-order chi connectivity index (χ0) is 23.4. The lowest BCUT2D eigenvalue weighted by molar-refractivity contribution is 0.453. The van der Waals surface area contributed by atoms with E-state index in [0.29, 0.717) is 0 Å². The minimum Gasteiger partial charge on any atom is -0.457 e. The van der Waals surface area contributed by atoms with Crippen LogP contribution < -0.4 is 15.2 Å². The molecule has 1 heteroatoms. The van der Waals surface area contributed by atoms with Gasteiger partial charge < -0.3 is 4.74 Å². The van der Waals surface area contributed by atoms with Crippen LogP contribution in [0.3, 0.4) is 0 Å². The average Bonchev–Trinajstić information content (AvgIpc) is 2.84. The van der Waals surface area contributed by atoms with Gasteiger partial charge in [0.2, 0.25) is 0 Å². The molecule has 0 radical (unpaired) electrons. The van der Waals surface area contributed by atoms with E-state index in [-0.39, 0.29) is 5.92 Å². The first-order valence-electron chi connectivity index (χ1n) is 11.7. The lowest BCUT2D eigenvalue weighted by Gasteiger charge is -2.31. The second-order valence-corrected chi connectivity index (χ2v) is 9.38. The van der Waals surface area contributed by atoms with E-state index in [0.717, 1.165) is 33.1 Å². The Hall–Kier alpha value is -4.10. The number of allylic oxidation sites excluding steroid dienone is 1. The highest BCUT2D eigenvalue weighted by Crippen LogP contribution is 2.49. The number of benzene rings is 5. The molecule has 0 amide bonds. The Labute approximate surface area is 200 Å². The van der Waals surface area contributed by atoms with Gasteiger partial charge in [-0.25, -0.2) is 0 Å². The molecule has 34 heavy (non-hydrogen) atoms. The van der Waals surface area contributed by atoms with Crippen molar-refractivity contribution in [1.29, 1.82) is 0 Å². The Balaban J connectivity index is 1.77. The molecular formula is C33H26O. The van der Waals surface area contributed by atoms with Crippen molar-refractivity contribution in [2.75, 3.05) is 0 Å². The van der Waals surface area contributed by atoms with Crippen molar-refractivity contribution in [3.8, 4) is 11.5 Å². The number of ether oxygens (including phenoxy) is 1. The highest BCUT2D eigenvalue weighted by Gasteiger charge is 2.31.